The van der Waals surface area contributed by atoms with Crippen molar-refractivity contribution in [2.45, 2.75) is 37.9 Å². The summed E-state index contributed by atoms with van der Waals surface area (Å²) in [5.41, 5.74) is 1.81. The van der Waals surface area contributed by atoms with Gasteiger partial charge in [-0.15, -0.1) is 10.2 Å². The third-order valence-electron chi connectivity index (χ3n) is 5.10. The van der Waals surface area contributed by atoms with E-state index in [2.05, 4.69) is 41.5 Å². The fourth-order valence-corrected chi connectivity index (χ4v) is 3.94. The Bertz CT molecular complexity index is 1080. The van der Waals surface area contributed by atoms with Crippen LogP contribution < -0.4 is 19.5 Å². The summed E-state index contributed by atoms with van der Waals surface area (Å²) in [4.78, 5) is 12.5. The molecule has 2 aromatic carbocycles. The van der Waals surface area contributed by atoms with Gasteiger partial charge < -0.3 is 24.1 Å². The van der Waals surface area contributed by atoms with E-state index in [1.807, 2.05) is 30.7 Å². The van der Waals surface area contributed by atoms with Crippen LogP contribution in [-0.4, -0.2) is 40.6 Å². The van der Waals surface area contributed by atoms with E-state index in [9.17, 15) is 4.79 Å². The van der Waals surface area contributed by atoms with Gasteiger partial charge in [0.1, 0.15) is 17.2 Å². The lowest BCUT2D eigenvalue weighted by Gasteiger charge is -2.15. The van der Waals surface area contributed by atoms with Crippen molar-refractivity contribution in [1.29, 1.82) is 0 Å². The predicted molar refractivity (Wildman–Crippen MR) is 129 cm³/mol. The van der Waals surface area contributed by atoms with E-state index in [4.69, 9.17) is 14.2 Å². The Kier molecular flexibility index (Phi) is 8.21. The van der Waals surface area contributed by atoms with Crippen molar-refractivity contribution in [2.75, 3.05) is 25.3 Å². The van der Waals surface area contributed by atoms with Gasteiger partial charge in [0.05, 0.1) is 25.7 Å². The summed E-state index contributed by atoms with van der Waals surface area (Å²) >= 11 is 1.30. The largest absolute Gasteiger partial charge is 0.497 e. The van der Waals surface area contributed by atoms with E-state index in [0.717, 1.165) is 5.75 Å². The molecule has 33 heavy (non-hydrogen) atoms. The second kappa shape index (κ2) is 11.1. The van der Waals surface area contributed by atoms with Crippen LogP contribution in [0.15, 0.2) is 47.6 Å². The van der Waals surface area contributed by atoms with E-state index in [1.165, 1.54) is 17.3 Å². The summed E-state index contributed by atoms with van der Waals surface area (Å²) in [5.74, 6) is 3.09. The van der Waals surface area contributed by atoms with Crippen molar-refractivity contribution in [3.63, 3.8) is 0 Å². The van der Waals surface area contributed by atoms with Crippen molar-refractivity contribution < 1.29 is 19.0 Å². The molecule has 1 heterocycles. The van der Waals surface area contributed by atoms with E-state index >= 15 is 0 Å². The first-order valence-electron chi connectivity index (χ1n) is 10.6. The second-order valence-corrected chi connectivity index (χ2v) is 8.73. The lowest BCUT2D eigenvalue weighted by atomic mass is 10.0. The van der Waals surface area contributed by atoms with Crippen molar-refractivity contribution in [3.05, 3.63) is 53.9 Å². The summed E-state index contributed by atoms with van der Waals surface area (Å²) < 4.78 is 18.4. The first kappa shape index (κ1) is 24.4. The van der Waals surface area contributed by atoms with Gasteiger partial charge in [0.2, 0.25) is 5.91 Å². The fraction of sp³-hybridized carbons (Fsp3) is 0.375. The first-order chi connectivity index (χ1) is 15.8. The molecule has 0 aliphatic heterocycles. The van der Waals surface area contributed by atoms with E-state index in [0.29, 0.717) is 34.1 Å². The minimum Gasteiger partial charge on any atom is -0.497 e. The number of hydrogen-bond acceptors (Lipinski definition) is 7. The Morgan fingerprint density at radius 2 is 1.73 bits per heavy atom. The Morgan fingerprint density at radius 1 is 1.03 bits per heavy atom. The van der Waals surface area contributed by atoms with E-state index < -0.39 is 0 Å². The average Bonchev–Trinajstić information content (AvgIpc) is 3.18. The molecule has 0 spiro atoms. The standard InChI is InChI=1S/C24H30N4O4S/c1-15(2)17-7-9-18(10-8-17)32-16(3)23-26-27-24(28(23)4)33-14-22(29)25-20-13-19(30-5)11-12-21(20)31-6/h7-13,15-16H,14H2,1-6H3,(H,25,29). The fourth-order valence-electron chi connectivity index (χ4n) is 3.22. The molecule has 0 aliphatic rings. The van der Waals surface area contributed by atoms with Crippen LogP contribution in [0.25, 0.3) is 0 Å². The lowest BCUT2D eigenvalue weighted by molar-refractivity contribution is -0.113. The van der Waals surface area contributed by atoms with Crippen LogP contribution in [0.5, 0.6) is 17.2 Å². The maximum atomic E-state index is 12.5. The van der Waals surface area contributed by atoms with Gasteiger partial charge in [0.15, 0.2) is 17.1 Å². The molecule has 3 rings (SSSR count). The van der Waals surface area contributed by atoms with Gasteiger partial charge in [-0.05, 0) is 42.7 Å². The molecular weight excluding hydrogens is 440 g/mol. The number of aromatic nitrogens is 3. The quantitative estimate of drug-likeness (QED) is 0.425. The number of anilines is 1. The molecule has 1 N–H and O–H groups in total. The Labute approximate surface area is 198 Å². The van der Waals surface area contributed by atoms with Gasteiger partial charge in [-0.25, -0.2) is 0 Å². The van der Waals surface area contributed by atoms with Crippen molar-refractivity contribution in [1.82, 2.24) is 14.8 Å². The highest BCUT2D eigenvalue weighted by atomic mass is 32.2. The molecule has 0 bridgehead atoms. The smallest absolute Gasteiger partial charge is 0.234 e. The SMILES string of the molecule is COc1ccc(OC)c(NC(=O)CSc2nnc(C(C)Oc3ccc(C(C)C)cc3)n2C)c1. The van der Waals surface area contributed by atoms with Crippen molar-refractivity contribution in [3.8, 4) is 17.2 Å². The molecule has 1 atom stereocenters. The number of ether oxygens (including phenoxy) is 3. The number of rotatable bonds is 10. The number of amides is 1. The molecule has 0 radical (unpaired) electrons. The Morgan fingerprint density at radius 3 is 2.36 bits per heavy atom. The lowest BCUT2D eigenvalue weighted by Crippen LogP contribution is -2.15. The van der Waals surface area contributed by atoms with Gasteiger partial charge in [0, 0.05) is 13.1 Å². The zero-order chi connectivity index (χ0) is 24.0. The third-order valence-corrected chi connectivity index (χ3v) is 6.13. The number of carbonyl (C=O) groups excluding carboxylic acids is 1. The molecule has 8 nitrogen and oxygen atoms in total. The van der Waals surface area contributed by atoms with Gasteiger partial charge >= 0.3 is 0 Å². The summed E-state index contributed by atoms with van der Waals surface area (Å²) in [6, 6.07) is 13.3. The molecule has 0 fully saturated rings. The van der Waals surface area contributed by atoms with Crippen LogP contribution in [0.4, 0.5) is 5.69 Å². The number of carbonyl (C=O) groups is 1. The highest BCUT2D eigenvalue weighted by molar-refractivity contribution is 7.99. The highest BCUT2D eigenvalue weighted by Crippen LogP contribution is 2.29. The summed E-state index contributed by atoms with van der Waals surface area (Å²) in [6.07, 6.45) is -0.295. The molecule has 0 aliphatic carbocycles. The van der Waals surface area contributed by atoms with Crippen molar-refractivity contribution >= 4 is 23.4 Å². The van der Waals surface area contributed by atoms with Crippen LogP contribution >= 0.6 is 11.8 Å². The summed E-state index contributed by atoms with van der Waals surface area (Å²) in [5, 5.41) is 12.0. The molecular formula is C24H30N4O4S. The van der Waals surface area contributed by atoms with E-state index in [-0.39, 0.29) is 17.8 Å². The molecule has 1 unspecified atom stereocenters. The number of methoxy groups -OCH3 is 2. The van der Waals surface area contributed by atoms with Crippen LogP contribution in [-0.2, 0) is 11.8 Å². The van der Waals surface area contributed by atoms with Crippen LogP contribution in [0.2, 0.25) is 0 Å². The molecule has 1 amide bonds. The minimum absolute atomic E-state index is 0.165. The average molecular weight is 471 g/mol. The number of benzene rings is 2. The number of nitrogens with one attached hydrogen (secondary N) is 1. The molecule has 176 valence electrons. The second-order valence-electron chi connectivity index (χ2n) is 7.79. The van der Waals surface area contributed by atoms with Crippen LogP contribution in [0.1, 0.15) is 44.2 Å². The predicted octanol–water partition coefficient (Wildman–Crippen LogP) is 4.83. The van der Waals surface area contributed by atoms with Gasteiger partial charge in [-0.2, -0.15) is 0 Å². The molecule has 3 aromatic rings. The summed E-state index contributed by atoms with van der Waals surface area (Å²) in [6.45, 7) is 6.24. The molecule has 0 saturated carbocycles. The van der Waals surface area contributed by atoms with Gasteiger partial charge in [-0.1, -0.05) is 37.7 Å². The van der Waals surface area contributed by atoms with E-state index in [1.54, 1.807) is 32.4 Å². The highest BCUT2D eigenvalue weighted by Gasteiger charge is 2.18. The molecule has 9 heteroatoms. The van der Waals surface area contributed by atoms with Gasteiger partial charge in [0.25, 0.3) is 0 Å². The maximum Gasteiger partial charge on any atom is 0.234 e. The zero-order valence-corrected chi connectivity index (χ0v) is 20.6. The number of nitrogens with zero attached hydrogens (tertiary/aromatic N) is 3. The monoisotopic (exact) mass is 470 g/mol. The third kappa shape index (κ3) is 6.19. The normalized spacial score (nSPS) is 11.8. The Balaban J connectivity index is 1.60. The van der Waals surface area contributed by atoms with Crippen LogP contribution in [0.3, 0.4) is 0 Å². The number of hydrogen-bond donors (Lipinski definition) is 1. The van der Waals surface area contributed by atoms with Crippen LogP contribution in [0, 0.1) is 0 Å². The number of thioether (sulfide) groups is 1. The Hall–Kier alpha value is -3.20. The molecule has 1 aromatic heterocycles. The minimum atomic E-state index is -0.295. The summed E-state index contributed by atoms with van der Waals surface area (Å²) in [7, 11) is 4.98. The topological polar surface area (TPSA) is 87.5 Å². The van der Waals surface area contributed by atoms with Crippen molar-refractivity contribution in [2.24, 2.45) is 7.05 Å². The first-order valence-corrected chi connectivity index (χ1v) is 11.6. The maximum absolute atomic E-state index is 12.5. The molecule has 0 saturated heterocycles. The zero-order valence-electron chi connectivity index (χ0n) is 19.8. The van der Waals surface area contributed by atoms with Gasteiger partial charge in [-0.3, -0.25) is 4.79 Å².